The van der Waals surface area contributed by atoms with Crippen LogP contribution in [0.4, 0.5) is 11.5 Å². The fourth-order valence-corrected chi connectivity index (χ4v) is 8.20. The second-order valence-corrected chi connectivity index (χ2v) is 14.5. The summed E-state index contributed by atoms with van der Waals surface area (Å²) >= 11 is 0. The maximum absolute atomic E-state index is 13.8. The third-order valence-electron chi connectivity index (χ3n) is 9.58. The Bertz CT molecular complexity index is 1800. The van der Waals surface area contributed by atoms with Crippen LogP contribution in [-0.2, 0) is 10.0 Å². The molecule has 0 unspecified atom stereocenters. The molecule has 2 aromatic carbocycles. The number of nitrogens with two attached hydrogens (primary N) is 2. The fraction of sp³-hybridized carbons (Fsp3) is 0.400. The van der Waals surface area contributed by atoms with Gasteiger partial charge in [0.2, 0.25) is 0 Å². The Kier molecular flexibility index (Phi) is 9.00. The van der Waals surface area contributed by atoms with Crippen molar-refractivity contribution in [1.29, 1.82) is 0 Å². The average Bonchev–Trinajstić information content (AvgIpc) is 3.67. The fourth-order valence-electron chi connectivity index (χ4n) is 6.87. The molecule has 2 aliphatic rings. The normalized spacial score (nSPS) is 17.6. The minimum atomic E-state index is -3.96. The van der Waals surface area contributed by atoms with Gasteiger partial charge in [-0.1, -0.05) is 25.1 Å². The lowest BCUT2D eigenvalue weighted by molar-refractivity contribution is 0.187. The van der Waals surface area contributed by atoms with Gasteiger partial charge in [0.25, 0.3) is 10.0 Å². The summed E-state index contributed by atoms with van der Waals surface area (Å²) in [4.78, 5) is 7.41. The quantitative estimate of drug-likeness (QED) is 0.285. The number of anilines is 2. The largest absolute Gasteiger partial charge is 0.398 e. The zero-order valence-corrected chi connectivity index (χ0v) is 28.2. The number of piperazine rings is 1. The number of nitrogen functional groups attached to an aromatic ring is 1. The number of hydrogen-bond donors (Lipinski definition) is 2. The van der Waals surface area contributed by atoms with Gasteiger partial charge in [0, 0.05) is 79.7 Å². The molecule has 0 amide bonds. The Balaban J connectivity index is 1.40. The summed E-state index contributed by atoms with van der Waals surface area (Å²) in [5.41, 5.74) is 20.5. The van der Waals surface area contributed by atoms with Crippen LogP contribution in [0.1, 0.15) is 48.1 Å². The molecular formula is C35H46N8O2S. The predicted octanol–water partition coefficient (Wildman–Crippen LogP) is 4.65. The maximum Gasteiger partial charge on any atom is 0.269 e. The molecule has 0 saturated carbocycles. The molecule has 2 aliphatic heterocycles. The molecule has 2 aromatic heterocycles. The van der Waals surface area contributed by atoms with Crippen LogP contribution in [0.15, 0.2) is 66.0 Å². The van der Waals surface area contributed by atoms with Crippen molar-refractivity contribution in [3.8, 4) is 11.1 Å². The highest BCUT2D eigenvalue weighted by molar-refractivity contribution is 7.90. The lowest BCUT2D eigenvalue weighted by Crippen LogP contribution is -2.45. The Morgan fingerprint density at radius 1 is 0.978 bits per heavy atom. The van der Waals surface area contributed by atoms with Gasteiger partial charge in [-0.15, -0.1) is 0 Å². The van der Waals surface area contributed by atoms with Crippen molar-refractivity contribution in [1.82, 2.24) is 23.6 Å². The molecule has 244 valence electrons. The summed E-state index contributed by atoms with van der Waals surface area (Å²) in [7, 11) is -1.80. The van der Waals surface area contributed by atoms with Crippen LogP contribution in [0, 0.1) is 13.8 Å². The molecule has 6 rings (SSSR count). The first-order valence-corrected chi connectivity index (χ1v) is 17.6. The minimum Gasteiger partial charge on any atom is -0.398 e. The SMILES string of the molecule is CCN1CCC(n2cc(-c3cn(S(=O)(=O)c4ccccc4)c(N)c3/C=C(\N)c3cc(C)c(N4CCN(C)CC4)c(C)c3)cn2)CC1. The molecule has 10 nitrogen and oxygen atoms in total. The summed E-state index contributed by atoms with van der Waals surface area (Å²) < 4.78 is 30.8. The van der Waals surface area contributed by atoms with Crippen molar-refractivity contribution >= 4 is 33.3 Å². The van der Waals surface area contributed by atoms with Crippen LogP contribution in [0.2, 0.25) is 0 Å². The number of likely N-dealkylation sites (tertiary alicyclic amines) is 1. The number of likely N-dealkylation sites (N-methyl/N-ethyl adjacent to an activating group) is 1. The van der Waals surface area contributed by atoms with Crippen LogP contribution in [0.25, 0.3) is 22.9 Å². The highest BCUT2D eigenvalue weighted by atomic mass is 32.2. The zero-order valence-electron chi connectivity index (χ0n) is 27.4. The number of hydrogen-bond acceptors (Lipinski definition) is 8. The summed E-state index contributed by atoms with van der Waals surface area (Å²) in [6, 6.07) is 12.9. The van der Waals surface area contributed by atoms with E-state index in [1.165, 1.54) is 9.66 Å². The molecule has 4 N–H and O–H groups in total. The predicted molar refractivity (Wildman–Crippen MR) is 187 cm³/mol. The van der Waals surface area contributed by atoms with Crippen molar-refractivity contribution in [2.24, 2.45) is 5.73 Å². The smallest absolute Gasteiger partial charge is 0.269 e. The molecule has 0 atom stereocenters. The maximum atomic E-state index is 13.8. The molecular weight excluding hydrogens is 597 g/mol. The molecule has 0 radical (unpaired) electrons. The van der Waals surface area contributed by atoms with Gasteiger partial charge in [0.15, 0.2) is 0 Å². The summed E-state index contributed by atoms with van der Waals surface area (Å²) in [6.07, 6.45) is 9.25. The Morgan fingerprint density at radius 3 is 2.26 bits per heavy atom. The van der Waals surface area contributed by atoms with E-state index in [1.54, 1.807) is 42.7 Å². The van der Waals surface area contributed by atoms with Crippen LogP contribution >= 0.6 is 0 Å². The monoisotopic (exact) mass is 642 g/mol. The van der Waals surface area contributed by atoms with Crippen molar-refractivity contribution in [2.75, 3.05) is 63.5 Å². The molecule has 4 aromatic rings. The van der Waals surface area contributed by atoms with E-state index >= 15 is 0 Å². The van der Waals surface area contributed by atoms with Gasteiger partial charge in [-0.3, -0.25) is 4.68 Å². The van der Waals surface area contributed by atoms with E-state index in [1.807, 2.05) is 17.0 Å². The number of aryl methyl sites for hydroxylation is 2. The van der Waals surface area contributed by atoms with Crippen molar-refractivity contribution in [3.63, 3.8) is 0 Å². The van der Waals surface area contributed by atoms with Crippen LogP contribution in [0.5, 0.6) is 0 Å². The molecule has 2 fully saturated rings. The van der Waals surface area contributed by atoms with E-state index in [0.29, 0.717) is 16.8 Å². The summed E-state index contributed by atoms with van der Waals surface area (Å²) in [6.45, 7) is 13.6. The molecule has 11 heteroatoms. The standard InChI is InChI=1S/C35H46N8O2S/c1-5-40-13-11-29(12-14-40)42-23-28(22-38-42)32-24-43(46(44,45)30-9-7-6-8-10-30)35(37)31(32)21-33(36)27-19-25(2)34(26(3)20-27)41-17-15-39(4)16-18-41/h6-10,19-24,29H,5,11-18,36-37H2,1-4H3/b33-21-. The van der Waals surface area contributed by atoms with Crippen molar-refractivity contribution in [3.05, 3.63) is 83.3 Å². The number of aromatic nitrogens is 3. The van der Waals surface area contributed by atoms with Crippen LogP contribution < -0.4 is 16.4 Å². The van der Waals surface area contributed by atoms with Gasteiger partial charge in [0.05, 0.1) is 17.1 Å². The Morgan fingerprint density at radius 2 is 1.63 bits per heavy atom. The first-order chi connectivity index (χ1) is 22.1. The second-order valence-electron chi connectivity index (χ2n) is 12.7. The zero-order chi connectivity index (χ0) is 32.6. The third kappa shape index (κ3) is 6.19. The van der Waals surface area contributed by atoms with E-state index in [4.69, 9.17) is 16.6 Å². The highest BCUT2D eigenvalue weighted by Gasteiger charge is 2.26. The number of nitrogens with zero attached hydrogens (tertiary/aromatic N) is 6. The topological polar surface area (TPSA) is 119 Å². The number of rotatable bonds is 8. The van der Waals surface area contributed by atoms with E-state index in [2.05, 4.69) is 54.7 Å². The first kappa shape index (κ1) is 31.9. The van der Waals surface area contributed by atoms with E-state index in [-0.39, 0.29) is 16.8 Å². The number of piperidine rings is 1. The Hall–Kier alpha value is -4.06. The van der Waals surface area contributed by atoms with Crippen LogP contribution in [-0.4, -0.2) is 84.8 Å². The molecule has 0 aliphatic carbocycles. The summed E-state index contributed by atoms with van der Waals surface area (Å²) in [5.74, 6) is 0.105. The van der Waals surface area contributed by atoms with Gasteiger partial charge in [-0.05, 0) is 87.3 Å². The third-order valence-corrected chi connectivity index (χ3v) is 11.3. The molecule has 46 heavy (non-hydrogen) atoms. The van der Waals surface area contributed by atoms with Gasteiger partial charge in [-0.2, -0.15) is 5.10 Å². The van der Waals surface area contributed by atoms with E-state index in [0.717, 1.165) is 80.9 Å². The van der Waals surface area contributed by atoms with Crippen molar-refractivity contribution < 1.29 is 8.42 Å². The van der Waals surface area contributed by atoms with Crippen LogP contribution in [0.3, 0.4) is 0 Å². The van der Waals surface area contributed by atoms with Crippen molar-refractivity contribution in [2.45, 2.75) is 44.6 Å². The molecule has 2 saturated heterocycles. The lowest BCUT2D eigenvalue weighted by atomic mass is 9.99. The number of benzene rings is 2. The highest BCUT2D eigenvalue weighted by Crippen LogP contribution is 2.37. The first-order valence-electron chi connectivity index (χ1n) is 16.2. The lowest BCUT2D eigenvalue weighted by Gasteiger charge is -2.36. The van der Waals surface area contributed by atoms with Gasteiger partial charge in [-0.25, -0.2) is 12.4 Å². The Labute approximate surface area is 272 Å². The van der Waals surface area contributed by atoms with E-state index < -0.39 is 10.0 Å². The second kappa shape index (κ2) is 13.0. The summed E-state index contributed by atoms with van der Waals surface area (Å²) in [5, 5.41) is 4.73. The molecule has 4 heterocycles. The van der Waals surface area contributed by atoms with Gasteiger partial charge >= 0.3 is 0 Å². The molecule has 0 bridgehead atoms. The van der Waals surface area contributed by atoms with Gasteiger partial charge in [0.1, 0.15) is 5.82 Å². The van der Waals surface area contributed by atoms with Gasteiger partial charge < -0.3 is 26.2 Å². The van der Waals surface area contributed by atoms with E-state index in [9.17, 15) is 8.42 Å². The minimum absolute atomic E-state index is 0.105. The average molecular weight is 643 g/mol. The molecule has 0 spiro atoms.